The zero-order valence-corrected chi connectivity index (χ0v) is 14.3. The Balaban J connectivity index is 1.69. The highest BCUT2D eigenvalue weighted by Crippen LogP contribution is 2.41. The molecule has 6 heteroatoms. The van der Waals surface area contributed by atoms with Crippen molar-refractivity contribution in [3.05, 3.63) is 48.0 Å². The van der Waals surface area contributed by atoms with Crippen molar-refractivity contribution < 1.29 is 9.26 Å². The van der Waals surface area contributed by atoms with Gasteiger partial charge in [-0.1, -0.05) is 37.2 Å². The highest BCUT2D eigenvalue weighted by molar-refractivity contribution is 5.68. The van der Waals surface area contributed by atoms with E-state index in [2.05, 4.69) is 34.2 Å². The lowest BCUT2D eigenvalue weighted by Gasteiger charge is -2.11. The molecule has 1 aliphatic heterocycles. The van der Waals surface area contributed by atoms with Crippen LogP contribution in [-0.2, 0) is 0 Å². The molecule has 0 bridgehead atoms. The zero-order chi connectivity index (χ0) is 17.4. The third-order valence-corrected chi connectivity index (χ3v) is 4.29. The molecule has 126 valence electrons. The fourth-order valence-electron chi connectivity index (χ4n) is 2.97. The summed E-state index contributed by atoms with van der Waals surface area (Å²) >= 11 is 0. The molecule has 0 spiro atoms. The van der Waals surface area contributed by atoms with E-state index in [-0.39, 0.29) is 6.04 Å². The first-order valence-electron chi connectivity index (χ1n) is 8.19. The minimum atomic E-state index is 0.121. The Kier molecular flexibility index (Phi) is 3.80. The Morgan fingerprint density at radius 3 is 2.76 bits per heavy atom. The lowest BCUT2D eigenvalue weighted by Crippen LogP contribution is -2.00. The van der Waals surface area contributed by atoms with Crippen LogP contribution in [0.15, 0.2) is 57.2 Å². The largest absolute Gasteiger partial charge is 0.496 e. The van der Waals surface area contributed by atoms with Crippen molar-refractivity contribution in [3.63, 3.8) is 0 Å². The standard InChI is InChI=1S/C19H18N4O2/c1-11(2)17-13-9-8-12(10-15(13)21-22-17)19-20-18(23-25-19)14-6-4-5-7-16(14)24-3/h4-11,17H,1-3H3. The summed E-state index contributed by atoms with van der Waals surface area (Å²) in [5.74, 6) is 2.07. The van der Waals surface area contributed by atoms with E-state index in [1.165, 1.54) is 0 Å². The second kappa shape index (κ2) is 6.12. The van der Waals surface area contributed by atoms with Crippen LogP contribution in [0.1, 0.15) is 25.5 Å². The predicted octanol–water partition coefficient (Wildman–Crippen LogP) is 5.21. The van der Waals surface area contributed by atoms with Crippen LogP contribution in [0.5, 0.6) is 5.75 Å². The molecule has 1 aliphatic rings. The summed E-state index contributed by atoms with van der Waals surface area (Å²) in [7, 11) is 1.62. The van der Waals surface area contributed by atoms with Crippen molar-refractivity contribution in [1.29, 1.82) is 0 Å². The normalized spacial score (nSPS) is 15.6. The van der Waals surface area contributed by atoms with Crippen LogP contribution in [-0.4, -0.2) is 17.3 Å². The number of hydrogen-bond acceptors (Lipinski definition) is 6. The predicted molar refractivity (Wildman–Crippen MR) is 93.8 cm³/mol. The summed E-state index contributed by atoms with van der Waals surface area (Å²) in [5, 5.41) is 12.7. The molecule has 6 nitrogen and oxygen atoms in total. The van der Waals surface area contributed by atoms with E-state index in [4.69, 9.17) is 9.26 Å². The fourth-order valence-corrected chi connectivity index (χ4v) is 2.97. The monoisotopic (exact) mass is 334 g/mol. The lowest BCUT2D eigenvalue weighted by molar-refractivity contribution is 0.413. The molecule has 1 aromatic heterocycles. The highest BCUT2D eigenvalue weighted by atomic mass is 16.5. The van der Waals surface area contributed by atoms with Crippen molar-refractivity contribution in [2.24, 2.45) is 16.1 Å². The van der Waals surface area contributed by atoms with Crippen molar-refractivity contribution in [3.8, 4) is 28.6 Å². The summed E-state index contributed by atoms with van der Waals surface area (Å²) in [4.78, 5) is 4.51. The van der Waals surface area contributed by atoms with E-state index in [9.17, 15) is 0 Å². The average molecular weight is 334 g/mol. The van der Waals surface area contributed by atoms with E-state index in [0.29, 0.717) is 23.4 Å². The van der Waals surface area contributed by atoms with Crippen LogP contribution in [0.4, 0.5) is 5.69 Å². The molecule has 1 unspecified atom stereocenters. The van der Waals surface area contributed by atoms with Gasteiger partial charge in [0.1, 0.15) is 11.8 Å². The number of para-hydroxylation sites is 1. The fraction of sp³-hybridized carbons (Fsp3) is 0.263. The summed E-state index contributed by atoms with van der Waals surface area (Å²) in [6, 6.07) is 13.7. The van der Waals surface area contributed by atoms with Crippen LogP contribution in [0.25, 0.3) is 22.8 Å². The molecular weight excluding hydrogens is 316 g/mol. The number of methoxy groups -OCH3 is 1. The van der Waals surface area contributed by atoms with Gasteiger partial charge in [-0.15, -0.1) is 0 Å². The van der Waals surface area contributed by atoms with Crippen molar-refractivity contribution in [2.45, 2.75) is 19.9 Å². The van der Waals surface area contributed by atoms with Crippen LogP contribution >= 0.6 is 0 Å². The quantitative estimate of drug-likeness (QED) is 0.657. The molecule has 0 saturated heterocycles. The third kappa shape index (κ3) is 2.69. The Bertz CT molecular complexity index is 946. The first kappa shape index (κ1) is 15.5. The molecule has 0 aliphatic carbocycles. The third-order valence-electron chi connectivity index (χ3n) is 4.29. The van der Waals surface area contributed by atoms with Crippen LogP contribution in [0.2, 0.25) is 0 Å². The van der Waals surface area contributed by atoms with Gasteiger partial charge < -0.3 is 9.26 Å². The second-order valence-electron chi connectivity index (χ2n) is 6.30. The molecule has 2 aromatic carbocycles. The summed E-state index contributed by atoms with van der Waals surface area (Å²) in [5.41, 5.74) is 3.63. The Hall–Kier alpha value is -3.02. The summed E-state index contributed by atoms with van der Waals surface area (Å²) in [6.45, 7) is 4.29. The molecule has 25 heavy (non-hydrogen) atoms. The van der Waals surface area contributed by atoms with Crippen LogP contribution in [0, 0.1) is 5.92 Å². The van der Waals surface area contributed by atoms with E-state index in [1.54, 1.807) is 7.11 Å². The molecule has 0 radical (unpaired) electrons. The molecule has 0 saturated carbocycles. The van der Waals surface area contributed by atoms with Gasteiger partial charge in [-0.05, 0) is 30.2 Å². The first-order valence-corrected chi connectivity index (χ1v) is 8.19. The number of rotatable bonds is 4. The number of fused-ring (bicyclic) bond motifs is 1. The highest BCUT2D eigenvalue weighted by Gasteiger charge is 2.24. The summed E-state index contributed by atoms with van der Waals surface area (Å²) in [6.07, 6.45) is 0. The van der Waals surface area contributed by atoms with E-state index < -0.39 is 0 Å². The topological polar surface area (TPSA) is 72.9 Å². The molecule has 4 rings (SSSR count). The SMILES string of the molecule is COc1ccccc1-c1noc(-c2ccc3c(c2)N=NC3C(C)C)n1. The number of aromatic nitrogens is 2. The van der Waals surface area contributed by atoms with Gasteiger partial charge in [0.15, 0.2) is 0 Å². The van der Waals surface area contributed by atoms with Gasteiger partial charge in [-0.2, -0.15) is 15.2 Å². The zero-order valence-electron chi connectivity index (χ0n) is 14.3. The molecule has 0 N–H and O–H groups in total. The van der Waals surface area contributed by atoms with Gasteiger partial charge in [0.25, 0.3) is 5.89 Å². The lowest BCUT2D eigenvalue weighted by atomic mass is 9.95. The van der Waals surface area contributed by atoms with Gasteiger partial charge in [0.2, 0.25) is 5.82 Å². The van der Waals surface area contributed by atoms with Crippen molar-refractivity contribution in [2.75, 3.05) is 7.11 Å². The van der Waals surface area contributed by atoms with Crippen LogP contribution < -0.4 is 4.74 Å². The Labute approximate surface area is 145 Å². The number of benzene rings is 2. The molecule has 0 amide bonds. The van der Waals surface area contributed by atoms with E-state index >= 15 is 0 Å². The number of azo groups is 1. The van der Waals surface area contributed by atoms with Crippen molar-refractivity contribution in [1.82, 2.24) is 10.1 Å². The Morgan fingerprint density at radius 2 is 1.96 bits per heavy atom. The van der Waals surface area contributed by atoms with Crippen molar-refractivity contribution >= 4 is 5.69 Å². The second-order valence-corrected chi connectivity index (χ2v) is 6.30. The Morgan fingerprint density at radius 1 is 1.12 bits per heavy atom. The maximum atomic E-state index is 5.45. The molecule has 0 fully saturated rings. The average Bonchev–Trinajstić information content (AvgIpc) is 3.28. The summed E-state index contributed by atoms with van der Waals surface area (Å²) < 4.78 is 10.8. The van der Waals surface area contributed by atoms with Gasteiger partial charge in [0.05, 0.1) is 18.4 Å². The van der Waals surface area contributed by atoms with E-state index in [0.717, 1.165) is 22.4 Å². The first-order chi connectivity index (χ1) is 12.2. The molecular formula is C19H18N4O2. The number of nitrogens with zero attached hydrogens (tertiary/aromatic N) is 4. The maximum Gasteiger partial charge on any atom is 0.258 e. The molecule has 1 atom stereocenters. The number of ether oxygens (including phenoxy) is 1. The molecule has 2 heterocycles. The number of hydrogen-bond donors (Lipinski definition) is 0. The molecule has 3 aromatic rings. The maximum absolute atomic E-state index is 5.45. The smallest absolute Gasteiger partial charge is 0.258 e. The minimum absolute atomic E-state index is 0.121. The van der Waals surface area contributed by atoms with Gasteiger partial charge in [0, 0.05) is 11.1 Å². The van der Waals surface area contributed by atoms with E-state index in [1.807, 2.05) is 42.5 Å². The van der Waals surface area contributed by atoms with Gasteiger partial charge >= 0.3 is 0 Å². The van der Waals surface area contributed by atoms with Gasteiger partial charge in [-0.3, -0.25) is 0 Å². The minimum Gasteiger partial charge on any atom is -0.496 e. The van der Waals surface area contributed by atoms with Gasteiger partial charge in [-0.25, -0.2) is 0 Å². The van der Waals surface area contributed by atoms with Crippen LogP contribution in [0.3, 0.4) is 0 Å².